The molecule has 0 aromatic carbocycles. The number of carbonyl (C=O) groups excluding carboxylic acids is 1. The Labute approximate surface area is 119 Å². The van der Waals surface area contributed by atoms with Gasteiger partial charge in [0, 0.05) is 18.9 Å². The molecule has 0 radical (unpaired) electrons. The lowest BCUT2D eigenvalue weighted by Gasteiger charge is -2.28. The second-order valence-electron chi connectivity index (χ2n) is 5.22. The first-order valence-corrected chi connectivity index (χ1v) is 7.14. The zero-order chi connectivity index (χ0) is 14.4. The number of nitrogens with zero attached hydrogens (tertiary/aromatic N) is 2. The molecule has 1 aliphatic rings. The highest BCUT2D eigenvalue weighted by Gasteiger charge is 2.21. The molecule has 0 spiro atoms. The van der Waals surface area contributed by atoms with Crippen LogP contribution in [0.15, 0.2) is 12.4 Å². The number of hydrogen-bond acceptors (Lipinski definition) is 5. The van der Waals surface area contributed by atoms with Crippen LogP contribution < -0.4 is 11.1 Å². The maximum absolute atomic E-state index is 11.8. The van der Waals surface area contributed by atoms with Crippen molar-refractivity contribution < 1.29 is 9.53 Å². The third-order valence-corrected chi connectivity index (χ3v) is 3.69. The van der Waals surface area contributed by atoms with Gasteiger partial charge in [0.2, 0.25) is 0 Å². The van der Waals surface area contributed by atoms with Gasteiger partial charge in [-0.15, -0.1) is 0 Å². The van der Waals surface area contributed by atoms with Gasteiger partial charge >= 0.3 is 0 Å². The molecule has 110 valence electrons. The van der Waals surface area contributed by atoms with E-state index in [4.69, 9.17) is 10.5 Å². The van der Waals surface area contributed by atoms with Crippen molar-refractivity contribution in [3.05, 3.63) is 18.1 Å². The minimum atomic E-state index is -0.309. The highest BCUT2D eigenvalue weighted by atomic mass is 16.5. The molecule has 1 amide bonds. The fraction of sp³-hybridized carbons (Fsp3) is 0.643. The fourth-order valence-corrected chi connectivity index (χ4v) is 2.51. The molecular formula is C14H22N4O2. The number of ether oxygens (including phenoxy) is 1. The van der Waals surface area contributed by atoms with Crippen molar-refractivity contribution in [2.24, 2.45) is 5.92 Å². The maximum atomic E-state index is 11.8. The minimum Gasteiger partial charge on any atom is -0.382 e. The van der Waals surface area contributed by atoms with E-state index < -0.39 is 0 Å². The number of nitrogens with two attached hydrogens (primary N) is 1. The number of amides is 1. The number of rotatable bonds is 5. The summed E-state index contributed by atoms with van der Waals surface area (Å²) in [4.78, 5) is 19.6. The van der Waals surface area contributed by atoms with Crippen LogP contribution in [0.25, 0.3) is 0 Å². The van der Waals surface area contributed by atoms with E-state index in [1.54, 1.807) is 0 Å². The van der Waals surface area contributed by atoms with Crippen molar-refractivity contribution in [1.29, 1.82) is 0 Å². The van der Waals surface area contributed by atoms with Crippen molar-refractivity contribution in [3.63, 3.8) is 0 Å². The quantitative estimate of drug-likeness (QED) is 0.794. The van der Waals surface area contributed by atoms with Crippen molar-refractivity contribution >= 4 is 11.7 Å². The molecule has 1 heterocycles. The summed E-state index contributed by atoms with van der Waals surface area (Å²) in [6.07, 6.45) is 8.11. The van der Waals surface area contributed by atoms with Gasteiger partial charge in [-0.2, -0.15) is 0 Å². The second kappa shape index (κ2) is 7.19. The first-order chi connectivity index (χ1) is 9.68. The van der Waals surface area contributed by atoms with Gasteiger partial charge in [0.1, 0.15) is 0 Å². The van der Waals surface area contributed by atoms with Crippen LogP contribution in [0.2, 0.25) is 0 Å². The topological polar surface area (TPSA) is 90.1 Å². The number of anilines is 1. The first-order valence-electron chi connectivity index (χ1n) is 7.14. The second-order valence-corrected chi connectivity index (χ2v) is 5.22. The molecule has 20 heavy (non-hydrogen) atoms. The third-order valence-electron chi connectivity index (χ3n) is 3.69. The predicted molar refractivity (Wildman–Crippen MR) is 76.1 cm³/mol. The zero-order valence-electron chi connectivity index (χ0n) is 11.8. The normalized spacial score (nSPS) is 22.4. The van der Waals surface area contributed by atoms with Gasteiger partial charge in [0.25, 0.3) is 5.91 Å². The molecule has 2 atom stereocenters. The lowest BCUT2D eigenvalue weighted by Crippen LogP contribution is -2.32. The van der Waals surface area contributed by atoms with Gasteiger partial charge in [0.05, 0.1) is 12.7 Å². The van der Waals surface area contributed by atoms with Gasteiger partial charge in [-0.25, -0.2) is 9.97 Å². The summed E-state index contributed by atoms with van der Waals surface area (Å²) < 4.78 is 5.83. The van der Waals surface area contributed by atoms with Crippen LogP contribution in [-0.4, -0.2) is 35.1 Å². The molecule has 6 heteroatoms. The molecular weight excluding hydrogens is 256 g/mol. The Balaban J connectivity index is 1.71. The van der Waals surface area contributed by atoms with Crippen molar-refractivity contribution in [2.45, 2.75) is 38.7 Å². The van der Waals surface area contributed by atoms with Crippen LogP contribution >= 0.6 is 0 Å². The SMILES string of the molecule is C[C@@H]1CCCC[C@@H]1OCCNC(=O)c1nccnc1N. The molecule has 0 saturated heterocycles. The highest BCUT2D eigenvalue weighted by Crippen LogP contribution is 2.25. The molecule has 1 aromatic heterocycles. The maximum Gasteiger partial charge on any atom is 0.273 e. The summed E-state index contributed by atoms with van der Waals surface area (Å²) in [6.45, 7) is 3.20. The van der Waals surface area contributed by atoms with E-state index in [0.29, 0.717) is 25.2 Å². The van der Waals surface area contributed by atoms with Gasteiger partial charge in [-0.3, -0.25) is 4.79 Å². The molecule has 0 unspecified atom stereocenters. The van der Waals surface area contributed by atoms with Crippen molar-refractivity contribution in [2.75, 3.05) is 18.9 Å². The number of hydrogen-bond donors (Lipinski definition) is 2. The van der Waals surface area contributed by atoms with Crippen LogP contribution in [-0.2, 0) is 4.74 Å². The number of nitrogen functional groups attached to an aromatic ring is 1. The van der Waals surface area contributed by atoms with E-state index in [1.165, 1.54) is 31.7 Å². The molecule has 1 saturated carbocycles. The smallest absolute Gasteiger partial charge is 0.273 e. The highest BCUT2D eigenvalue weighted by molar-refractivity contribution is 5.96. The summed E-state index contributed by atoms with van der Waals surface area (Å²) in [7, 11) is 0. The Morgan fingerprint density at radius 2 is 2.15 bits per heavy atom. The Bertz CT molecular complexity index is 453. The average Bonchev–Trinajstić information content (AvgIpc) is 2.45. The first kappa shape index (κ1) is 14.7. The summed E-state index contributed by atoms with van der Waals surface area (Å²) in [5.74, 6) is 0.442. The van der Waals surface area contributed by atoms with Gasteiger partial charge in [-0.1, -0.05) is 19.8 Å². The van der Waals surface area contributed by atoms with Crippen LogP contribution in [0.3, 0.4) is 0 Å². The Kier molecular flexibility index (Phi) is 5.29. The van der Waals surface area contributed by atoms with Crippen LogP contribution in [0.1, 0.15) is 43.1 Å². The summed E-state index contributed by atoms with van der Waals surface area (Å²) in [6, 6.07) is 0. The fourth-order valence-electron chi connectivity index (χ4n) is 2.51. The Hall–Kier alpha value is -1.69. The monoisotopic (exact) mass is 278 g/mol. The van der Waals surface area contributed by atoms with E-state index in [-0.39, 0.29) is 17.4 Å². The number of nitrogens with one attached hydrogen (secondary N) is 1. The third kappa shape index (κ3) is 3.90. The molecule has 2 rings (SSSR count). The lowest BCUT2D eigenvalue weighted by molar-refractivity contribution is -0.00295. The molecule has 0 bridgehead atoms. The standard InChI is InChI=1S/C14H22N4O2/c1-10-4-2-3-5-11(10)20-9-8-18-14(19)12-13(15)17-7-6-16-12/h6-7,10-11H,2-5,8-9H2,1H3,(H2,15,17)(H,18,19)/t10-,11+/m1/s1. The summed E-state index contributed by atoms with van der Waals surface area (Å²) >= 11 is 0. The van der Waals surface area contributed by atoms with Gasteiger partial charge < -0.3 is 15.8 Å². The zero-order valence-corrected chi connectivity index (χ0v) is 11.8. The van der Waals surface area contributed by atoms with E-state index >= 15 is 0 Å². The number of carbonyl (C=O) groups is 1. The lowest BCUT2D eigenvalue weighted by atomic mass is 9.88. The molecule has 0 aliphatic heterocycles. The molecule has 6 nitrogen and oxygen atoms in total. The largest absolute Gasteiger partial charge is 0.382 e. The van der Waals surface area contributed by atoms with E-state index in [9.17, 15) is 4.79 Å². The number of aromatic nitrogens is 2. The molecule has 1 aliphatic carbocycles. The predicted octanol–water partition coefficient (Wildman–Crippen LogP) is 1.38. The van der Waals surface area contributed by atoms with Crippen LogP contribution in [0, 0.1) is 5.92 Å². The van der Waals surface area contributed by atoms with E-state index in [2.05, 4.69) is 22.2 Å². The minimum absolute atomic E-state index is 0.145. The Morgan fingerprint density at radius 1 is 1.40 bits per heavy atom. The molecule has 1 fully saturated rings. The average molecular weight is 278 g/mol. The van der Waals surface area contributed by atoms with Crippen LogP contribution in [0.4, 0.5) is 5.82 Å². The molecule has 1 aromatic rings. The van der Waals surface area contributed by atoms with Gasteiger partial charge in [0.15, 0.2) is 11.5 Å². The van der Waals surface area contributed by atoms with E-state index in [0.717, 1.165) is 6.42 Å². The summed E-state index contributed by atoms with van der Waals surface area (Å²) in [5, 5.41) is 2.75. The Morgan fingerprint density at radius 3 is 2.90 bits per heavy atom. The van der Waals surface area contributed by atoms with Crippen molar-refractivity contribution in [1.82, 2.24) is 15.3 Å². The van der Waals surface area contributed by atoms with Crippen molar-refractivity contribution in [3.8, 4) is 0 Å². The van der Waals surface area contributed by atoms with Gasteiger partial charge in [-0.05, 0) is 18.8 Å². The van der Waals surface area contributed by atoms with Crippen LogP contribution in [0.5, 0.6) is 0 Å². The summed E-state index contributed by atoms with van der Waals surface area (Å²) in [5.41, 5.74) is 5.76. The van der Waals surface area contributed by atoms with E-state index in [1.807, 2.05) is 0 Å². The molecule has 3 N–H and O–H groups in total.